The summed E-state index contributed by atoms with van der Waals surface area (Å²) in [6.45, 7) is 1.14. The van der Waals surface area contributed by atoms with Gasteiger partial charge in [-0.05, 0) is 12.1 Å². The first-order chi connectivity index (χ1) is 7.99. The fourth-order valence-corrected chi connectivity index (χ4v) is 2.42. The van der Waals surface area contributed by atoms with Crippen molar-refractivity contribution in [1.82, 2.24) is 9.71 Å². The monoisotopic (exact) mass is 250 g/mol. The van der Waals surface area contributed by atoms with E-state index in [0.717, 1.165) is 6.92 Å². The zero-order valence-electron chi connectivity index (χ0n) is 9.04. The van der Waals surface area contributed by atoms with Crippen LogP contribution in [-0.2, 0) is 14.8 Å². The van der Waals surface area contributed by atoms with Crippen LogP contribution in [0.1, 0.15) is 6.92 Å². The molecule has 0 radical (unpaired) electrons. The van der Waals surface area contributed by atoms with Gasteiger partial charge in [-0.3, -0.25) is 9.78 Å². The van der Waals surface area contributed by atoms with E-state index < -0.39 is 15.9 Å². The summed E-state index contributed by atoms with van der Waals surface area (Å²) in [5.41, 5.74) is 0.703. The molecule has 0 spiro atoms. The summed E-state index contributed by atoms with van der Waals surface area (Å²) < 4.78 is 25.3. The minimum atomic E-state index is -3.81. The third-order valence-corrected chi connectivity index (χ3v) is 3.55. The van der Waals surface area contributed by atoms with Crippen LogP contribution in [0, 0.1) is 0 Å². The largest absolute Gasteiger partial charge is 0.274 e. The minimum Gasteiger partial charge on any atom is -0.274 e. The summed E-state index contributed by atoms with van der Waals surface area (Å²) in [4.78, 5) is 14.8. The van der Waals surface area contributed by atoms with Crippen LogP contribution in [0.15, 0.2) is 41.4 Å². The predicted molar refractivity (Wildman–Crippen MR) is 62.7 cm³/mol. The highest BCUT2D eigenvalue weighted by atomic mass is 32.2. The maximum absolute atomic E-state index is 11.7. The quantitative estimate of drug-likeness (QED) is 0.864. The van der Waals surface area contributed by atoms with E-state index in [4.69, 9.17) is 0 Å². The lowest BCUT2D eigenvalue weighted by Gasteiger charge is -2.05. The van der Waals surface area contributed by atoms with Crippen molar-refractivity contribution in [2.45, 2.75) is 11.8 Å². The van der Waals surface area contributed by atoms with Crippen LogP contribution in [0.2, 0.25) is 0 Å². The first-order valence-corrected chi connectivity index (χ1v) is 6.35. The van der Waals surface area contributed by atoms with E-state index in [9.17, 15) is 13.2 Å². The smallest absolute Gasteiger partial charge is 0.265 e. The van der Waals surface area contributed by atoms with Crippen molar-refractivity contribution in [3.05, 3.63) is 36.5 Å². The van der Waals surface area contributed by atoms with E-state index in [1.165, 1.54) is 12.3 Å². The van der Waals surface area contributed by atoms with Gasteiger partial charge in [-0.15, -0.1) is 0 Å². The van der Waals surface area contributed by atoms with Crippen LogP contribution in [0.25, 0.3) is 10.9 Å². The molecule has 2 aromatic rings. The van der Waals surface area contributed by atoms with Crippen molar-refractivity contribution in [2.75, 3.05) is 0 Å². The third-order valence-electron chi connectivity index (χ3n) is 2.15. The van der Waals surface area contributed by atoms with Crippen LogP contribution in [-0.4, -0.2) is 19.3 Å². The van der Waals surface area contributed by atoms with Gasteiger partial charge in [0.15, 0.2) is 0 Å². The standard InChI is InChI=1S/C11H10N2O3S/c1-8(14)13-17(15,16)10-6-9-4-2-3-5-11(9)12-7-10/h2-7H,1H3,(H,13,14). The number of para-hydroxylation sites is 1. The Labute approximate surface area is 98.5 Å². The molecule has 1 aromatic carbocycles. The first-order valence-electron chi connectivity index (χ1n) is 4.87. The molecule has 0 aliphatic carbocycles. The Bertz CT molecular complexity index is 680. The highest BCUT2D eigenvalue weighted by Gasteiger charge is 2.16. The molecule has 0 bridgehead atoms. The van der Waals surface area contributed by atoms with Crippen LogP contribution < -0.4 is 4.72 Å². The average Bonchev–Trinajstić information content (AvgIpc) is 2.26. The van der Waals surface area contributed by atoms with E-state index in [1.807, 2.05) is 10.8 Å². The fraction of sp³-hybridized carbons (Fsp3) is 0.0909. The van der Waals surface area contributed by atoms with Crippen molar-refractivity contribution in [3.8, 4) is 0 Å². The van der Waals surface area contributed by atoms with Gasteiger partial charge >= 0.3 is 0 Å². The molecule has 17 heavy (non-hydrogen) atoms. The van der Waals surface area contributed by atoms with Crippen LogP contribution in [0.3, 0.4) is 0 Å². The normalized spacial score (nSPS) is 11.4. The molecule has 2 rings (SSSR count). The second-order valence-corrected chi connectivity index (χ2v) is 5.21. The fourth-order valence-electron chi connectivity index (χ4n) is 1.45. The molecule has 0 atom stereocenters. The first kappa shape index (κ1) is 11.5. The summed E-state index contributed by atoms with van der Waals surface area (Å²) in [6, 6.07) is 8.63. The van der Waals surface area contributed by atoms with E-state index in [1.54, 1.807) is 18.2 Å². The SMILES string of the molecule is CC(=O)NS(=O)(=O)c1cnc2ccccc2c1. The highest BCUT2D eigenvalue weighted by Crippen LogP contribution is 2.15. The number of nitrogens with zero attached hydrogens (tertiary/aromatic N) is 1. The Kier molecular flexibility index (Phi) is 2.81. The molecular weight excluding hydrogens is 240 g/mol. The number of pyridine rings is 1. The number of hydrogen-bond acceptors (Lipinski definition) is 4. The Morgan fingerprint density at radius 2 is 2.00 bits per heavy atom. The Morgan fingerprint density at radius 3 is 2.71 bits per heavy atom. The van der Waals surface area contributed by atoms with Gasteiger partial charge in [-0.1, -0.05) is 18.2 Å². The molecule has 0 aliphatic heterocycles. The van der Waals surface area contributed by atoms with Gasteiger partial charge < -0.3 is 0 Å². The number of amides is 1. The van der Waals surface area contributed by atoms with Crippen molar-refractivity contribution in [1.29, 1.82) is 0 Å². The molecular formula is C11H10N2O3S. The number of benzene rings is 1. The van der Waals surface area contributed by atoms with Crippen LogP contribution in [0.4, 0.5) is 0 Å². The van der Waals surface area contributed by atoms with E-state index in [0.29, 0.717) is 10.9 Å². The van der Waals surface area contributed by atoms with Crippen molar-refractivity contribution >= 4 is 26.8 Å². The van der Waals surface area contributed by atoms with Gasteiger partial charge in [0.2, 0.25) is 5.91 Å². The van der Waals surface area contributed by atoms with Gasteiger partial charge in [-0.25, -0.2) is 13.1 Å². The number of aromatic nitrogens is 1. The zero-order valence-corrected chi connectivity index (χ0v) is 9.86. The lowest BCUT2D eigenvalue weighted by molar-refractivity contribution is -0.117. The average molecular weight is 250 g/mol. The second kappa shape index (κ2) is 4.14. The molecule has 1 heterocycles. The van der Waals surface area contributed by atoms with Gasteiger partial charge in [0, 0.05) is 18.5 Å². The van der Waals surface area contributed by atoms with Gasteiger partial charge in [-0.2, -0.15) is 0 Å². The molecule has 1 amide bonds. The van der Waals surface area contributed by atoms with Gasteiger partial charge in [0.1, 0.15) is 4.90 Å². The molecule has 1 N–H and O–H groups in total. The topological polar surface area (TPSA) is 76.1 Å². The number of nitrogens with one attached hydrogen (secondary N) is 1. The maximum atomic E-state index is 11.7. The van der Waals surface area contributed by atoms with E-state index in [-0.39, 0.29) is 4.90 Å². The maximum Gasteiger partial charge on any atom is 0.265 e. The Morgan fingerprint density at radius 1 is 1.29 bits per heavy atom. The molecule has 0 fully saturated rings. The highest BCUT2D eigenvalue weighted by molar-refractivity contribution is 7.90. The van der Waals surface area contributed by atoms with Crippen molar-refractivity contribution in [2.24, 2.45) is 0 Å². The van der Waals surface area contributed by atoms with Crippen LogP contribution >= 0.6 is 0 Å². The molecule has 0 unspecified atom stereocenters. The van der Waals surface area contributed by atoms with Crippen molar-refractivity contribution in [3.63, 3.8) is 0 Å². The number of hydrogen-bond donors (Lipinski definition) is 1. The van der Waals surface area contributed by atoms with E-state index >= 15 is 0 Å². The summed E-state index contributed by atoms with van der Waals surface area (Å²) in [5, 5.41) is 0.707. The lowest BCUT2D eigenvalue weighted by Crippen LogP contribution is -2.28. The second-order valence-electron chi connectivity index (χ2n) is 3.53. The lowest BCUT2D eigenvalue weighted by atomic mass is 10.2. The molecule has 1 aromatic heterocycles. The number of carbonyl (C=O) groups is 1. The minimum absolute atomic E-state index is 0.0219. The number of carbonyl (C=O) groups excluding carboxylic acids is 1. The van der Waals surface area contributed by atoms with Crippen molar-refractivity contribution < 1.29 is 13.2 Å². The zero-order chi connectivity index (χ0) is 12.5. The molecule has 88 valence electrons. The Hall–Kier alpha value is -1.95. The molecule has 5 nitrogen and oxygen atoms in total. The third kappa shape index (κ3) is 2.42. The van der Waals surface area contributed by atoms with Gasteiger partial charge in [0.25, 0.3) is 10.0 Å². The molecule has 6 heteroatoms. The Balaban J connectivity index is 2.53. The summed E-state index contributed by atoms with van der Waals surface area (Å²) >= 11 is 0. The number of sulfonamides is 1. The van der Waals surface area contributed by atoms with E-state index in [2.05, 4.69) is 4.98 Å². The van der Waals surface area contributed by atoms with Crippen LogP contribution in [0.5, 0.6) is 0 Å². The molecule has 0 aliphatic rings. The summed E-state index contributed by atoms with van der Waals surface area (Å²) in [6.07, 6.45) is 1.23. The number of fused-ring (bicyclic) bond motifs is 1. The van der Waals surface area contributed by atoms with Gasteiger partial charge in [0.05, 0.1) is 5.52 Å². The molecule has 0 saturated carbocycles. The summed E-state index contributed by atoms with van der Waals surface area (Å²) in [5.74, 6) is -0.627. The molecule has 0 saturated heterocycles. The number of rotatable bonds is 2. The summed E-state index contributed by atoms with van der Waals surface area (Å²) in [7, 11) is -3.81. The predicted octanol–water partition coefficient (Wildman–Crippen LogP) is 1.06.